The molecule has 4 nitrogen and oxygen atoms in total. The molecule has 0 saturated heterocycles. The Balaban J connectivity index is 3.52. The molecule has 0 atom stereocenters. The van der Waals surface area contributed by atoms with Gasteiger partial charge >= 0.3 is 5.97 Å². The van der Waals surface area contributed by atoms with Crippen LogP contribution in [0.25, 0.3) is 5.57 Å². The predicted molar refractivity (Wildman–Crippen MR) is 73.6 cm³/mol. The molecule has 1 aromatic rings. The second kappa shape index (κ2) is 6.13. The van der Waals surface area contributed by atoms with Gasteiger partial charge in [0.2, 0.25) is 0 Å². The van der Waals surface area contributed by atoms with Gasteiger partial charge in [-0.05, 0) is 19.9 Å². The van der Waals surface area contributed by atoms with Gasteiger partial charge in [-0.2, -0.15) is 0 Å². The number of nitrogens with zero attached hydrogens (tertiary/aromatic N) is 1. The lowest BCUT2D eigenvalue weighted by Gasteiger charge is -2.12. The van der Waals surface area contributed by atoms with E-state index in [9.17, 15) is 9.18 Å². The second-order valence-corrected chi connectivity index (χ2v) is 4.03. The zero-order valence-electron chi connectivity index (χ0n) is 11.5. The Bertz CT molecular complexity index is 559. The summed E-state index contributed by atoms with van der Waals surface area (Å²) in [7, 11) is 2.80. The molecular formula is C14H17FN2O2. The molecule has 0 bridgehead atoms. The Morgan fingerprint density at radius 3 is 2.37 bits per heavy atom. The minimum Gasteiger partial charge on any atom is -0.465 e. The van der Waals surface area contributed by atoms with E-state index in [0.717, 1.165) is 0 Å². The van der Waals surface area contributed by atoms with Crippen molar-refractivity contribution in [3.05, 3.63) is 40.8 Å². The third-order valence-electron chi connectivity index (χ3n) is 2.76. The number of carbonyl (C=O) groups is 1. The molecule has 1 rings (SSSR count). The standard InChI is InChI=1S/C14H17FN2O2/c1-8(16)12(9(2)17-3)10-6-5-7-11(13(10)15)14(18)19-4/h5-7H,16H2,1-4H3. The zero-order valence-corrected chi connectivity index (χ0v) is 11.5. The van der Waals surface area contributed by atoms with E-state index in [2.05, 4.69) is 9.73 Å². The lowest BCUT2D eigenvalue weighted by Crippen LogP contribution is -2.11. The molecular weight excluding hydrogens is 247 g/mol. The molecule has 0 spiro atoms. The number of ether oxygens (including phenoxy) is 1. The topological polar surface area (TPSA) is 64.7 Å². The lowest BCUT2D eigenvalue weighted by atomic mass is 9.97. The monoisotopic (exact) mass is 264 g/mol. The first kappa shape index (κ1) is 14.9. The van der Waals surface area contributed by atoms with Gasteiger partial charge in [0, 0.05) is 29.6 Å². The first-order chi connectivity index (χ1) is 8.93. The van der Waals surface area contributed by atoms with E-state index < -0.39 is 11.8 Å². The average molecular weight is 264 g/mol. The van der Waals surface area contributed by atoms with Gasteiger partial charge in [0.25, 0.3) is 0 Å². The Kier molecular flexibility index (Phi) is 4.80. The number of rotatable bonds is 3. The number of hydrogen-bond acceptors (Lipinski definition) is 4. The predicted octanol–water partition coefficient (Wildman–Crippen LogP) is 2.39. The Labute approximate surface area is 111 Å². The van der Waals surface area contributed by atoms with Gasteiger partial charge < -0.3 is 10.5 Å². The molecule has 0 saturated carbocycles. The SMILES string of the molecule is CN=C(C)C(=C(C)N)c1cccc(C(=O)OC)c1F. The van der Waals surface area contributed by atoms with E-state index >= 15 is 0 Å². The van der Waals surface area contributed by atoms with Crippen molar-refractivity contribution in [2.45, 2.75) is 13.8 Å². The highest BCUT2D eigenvalue weighted by atomic mass is 19.1. The third kappa shape index (κ3) is 2.99. The molecule has 19 heavy (non-hydrogen) atoms. The summed E-state index contributed by atoms with van der Waals surface area (Å²) in [6.45, 7) is 3.39. The van der Waals surface area contributed by atoms with Crippen molar-refractivity contribution in [1.29, 1.82) is 0 Å². The number of carbonyl (C=O) groups excluding carboxylic acids is 1. The summed E-state index contributed by atoms with van der Waals surface area (Å²) >= 11 is 0. The van der Waals surface area contributed by atoms with Crippen LogP contribution in [-0.2, 0) is 4.74 Å². The minimum atomic E-state index is -0.723. The molecule has 0 heterocycles. The lowest BCUT2D eigenvalue weighted by molar-refractivity contribution is 0.0595. The number of hydrogen-bond donors (Lipinski definition) is 1. The molecule has 0 aliphatic rings. The molecule has 1 aromatic carbocycles. The molecule has 0 unspecified atom stereocenters. The Morgan fingerprint density at radius 2 is 1.89 bits per heavy atom. The number of esters is 1. The van der Waals surface area contributed by atoms with Crippen LogP contribution in [-0.4, -0.2) is 25.8 Å². The molecule has 0 aliphatic heterocycles. The Morgan fingerprint density at radius 1 is 1.32 bits per heavy atom. The van der Waals surface area contributed by atoms with Gasteiger partial charge in [-0.1, -0.05) is 12.1 Å². The first-order valence-electron chi connectivity index (χ1n) is 5.71. The first-order valence-corrected chi connectivity index (χ1v) is 5.71. The molecule has 102 valence electrons. The molecule has 0 radical (unpaired) electrons. The van der Waals surface area contributed by atoms with Gasteiger partial charge in [-0.15, -0.1) is 0 Å². The fourth-order valence-corrected chi connectivity index (χ4v) is 1.80. The van der Waals surface area contributed by atoms with Gasteiger partial charge in [0.1, 0.15) is 5.82 Å². The van der Waals surface area contributed by atoms with Crippen LogP contribution >= 0.6 is 0 Å². The van der Waals surface area contributed by atoms with Crippen LogP contribution in [0.15, 0.2) is 28.9 Å². The number of allylic oxidation sites excluding steroid dienone is 2. The summed E-state index contributed by atoms with van der Waals surface area (Å²) in [6, 6.07) is 4.51. The van der Waals surface area contributed by atoms with E-state index in [-0.39, 0.29) is 11.1 Å². The molecule has 0 aromatic heterocycles. The van der Waals surface area contributed by atoms with E-state index in [1.54, 1.807) is 33.0 Å². The number of methoxy groups -OCH3 is 1. The highest BCUT2D eigenvalue weighted by molar-refractivity contribution is 6.23. The van der Waals surface area contributed by atoms with Crippen molar-refractivity contribution in [3.8, 4) is 0 Å². The highest BCUT2D eigenvalue weighted by Gasteiger charge is 2.19. The van der Waals surface area contributed by atoms with Crippen molar-refractivity contribution in [1.82, 2.24) is 0 Å². The van der Waals surface area contributed by atoms with Crippen LogP contribution < -0.4 is 5.73 Å². The van der Waals surface area contributed by atoms with E-state index in [4.69, 9.17) is 5.73 Å². The number of halogens is 1. The maximum Gasteiger partial charge on any atom is 0.340 e. The maximum atomic E-state index is 14.4. The van der Waals surface area contributed by atoms with Crippen molar-refractivity contribution in [2.75, 3.05) is 14.2 Å². The molecule has 0 fully saturated rings. The summed E-state index contributed by atoms with van der Waals surface area (Å²) in [6.07, 6.45) is 0. The van der Waals surface area contributed by atoms with Crippen LogP contribution in [0.2, 0.25) is 0 Å². The summed E-state index contributed by atoms with van der Waals surface area (Å²) < 4.78 is 18.9. The van der Waals surface area contributed by atoms with E-state index in [0.29, 0.717) is 17.0 Å². The number of aliphatic imine (C=N–C) groups is 1. The summed E-state index contributed by atoms with van der Waals surface area (Å²) in [4.78, 5) is 15.5. The van der Waals surface area contributed by atoms with Gasteiger partial charge in [-0.25, -0.2) is 9.18 Å². The number of nitrogens with two attached hydrogens (primary N) is 1. The fraction of sp³-hybridized carbons (Fsp3) is 0.286. The summed E-state index contributed by atoms with van der Waals surface area (Å²) in [5.41, 5.74) is 7.43. The van der Waals surface area contributed by atoms with Crippen molar-refractivity contribution < 1.29 is 13.9 Å². The van der Waals surface area contributed by atoms with Crippen molar-refractivity contribution in [2.24, 2.45) is 10.7 Å². The van der Waals surface area contributed by atoms with Crippen molar-refractivity contribution >= 4 is 17.3 Å². The van der Waals surface area contributed by atoms with Crippen LogP contribution in [0.1, 0.15) is 29.8 Å². The smallest absolute Gasteiger partial charge is 0.340 e. The fourth-order valence-electron chi connectivity index (χ4n) is 1.80. The van der Waals surface area contributed by atoms with Crippen LogP contribution in [0.3, 0.4) is 0 Å². The van der Waals surface area contributed by atoms with Crippen LogP contribution in [0.5, 0.6) is 0 Å². The number of benzene rings is 1. The van der Waals surface area contributed by atoms with Gasteiger partial charge in [0.15, 0.2) is 0 Å². The summed E-state index contributed by atoms with van der Waals surface area (Å²) in [5, 5.41) is 0. The average Bonchev–Trinajstić information content (AvgIpc) is 2.39. The summed E-state index contributed by atoms with van der Waals surface area (Å²) in [5.74, 6) is -1.38. The molecule has 0 aliphatic carbocycles. The molecule has 2 N–H and O–H groups in total. The normalized spacial score (nSPS) is 13.0. The zero-order chi connectivity index (χ0) is 14.6. The van der Waals surface area contributed by atoms with Gasteiger partial charge in [0.05, 0.1) is 12.7 Å². The second-order valence-electron chi connectivity index (χ2n) is 4.03. The highest BCUT2D eigenvalue weighted by Crippen LogP contribution is 2.24. The minimum absolute atomic E-state index is 0.123. The maximum absolute atomic E-state index is 14.4. The van der Waals surface area contributed by atoms with Crippen LogP contribution in [0.4, 0.5) is 4.39 Å². The molecule has 5 heteroatoms. The van der Waals surface area contributed by atoms with Gasteiger partial charge in [-0.3, -0.25) is 4.99 Å². The van der Waals surface area contributed by atoms with E-state index in [1.165, 1.54) is 13.2 Å². The van der Waals surface area contributed by atoms with Crippen molar-refractivity contribution in [3.63, 3.8) is 0 Å². The molecule has 0 amide bonds. The van der Waals surface area contributed by atoms with Crippen LogP contribution in [0, 0.1) is 5.82 Å². The third-order valence-corrected chi connectivity index (χ3v) is 2.76. The quantitative estimate of drug-likeness (QED) is 0.673. The van der Waals surface area contributed by atoms with E-state index in [1.807, 2.05) is 0 Å². The largest absolute Gasteiger partial charge is 0.465 e. The Hall–Kier alpha value is -2.17.